The Labute approximate surface area is 132 Å². The third kappa shape index (κ3) is 6.79. The molecule has 0 atom stereocenters. The van der Waals surface area contributed by atoms with Crippen molar-refractivity contribution in [1.29, 1.82) is 0 Å². The number of nitrogens with two attached hydrogens (primary N) is 1. The molecule has 1 aromatic rings. The quantitative estimate of drug-likeness (QED) is 0.874. The van der Waals surface area contributed by atoms with Crippen LogP contribution in [0.15, 0.2) is 4.52 Å². The second kappa shape index (κ2) is 8.74. The van der Waals surface area contributed by atoms with Crippen molar-refractivity contribution in [2.75, 3.05) is 32.7 Å². The molecule has 2 N–H and O–H groups in total. The first-order chi connectivity index (χ1) is 8.96. The molecule has 0 aromatic carbocycles. The molecule has 0 amide bonds. The van der Waals surface area contributed by atoms with Gasteiger partial charge in [0.2, 0.25) is 5.89 Å². The summed E-state index contributed by atoms with van der Waals surface area (Å²) in [5.74, 6) is 0.885. The Hall–Kier alpha value is -0.610. The third-order valence-electron chi connectivity index (χ3n) is 2.92. The molecule has 0 aliphatic carbocycles. The maximum absolute atomic E-state index is 12.2. The van der Waals surface area contributed by atoms with Gasteiger partial charge in [0.25, 0.3) is 0 Å². The van der Waals surface area contributed by atoms with Gasteiger partial charge < -0.3 is 10.3 Å². The van der Waals surface area contributed by atoms with Crippen molar-refractivity contribution in [3.8, 4) is 0 Å². The zero-order valence-corrected chi connectivity index (χ0v) is 12.8. The fourth-order valence-electron chi connectivity index (χ4n) is 2.00. The summed E-state index contributed by atoms with van der Waals surface area (Å²) in [7, 11) is 0. The minimum atomic E-state index is -4.13. The molecule has 0 unspecified atom stereocenters. The summed E-state index contributed by atoms with van der Waals surface area (Å²) >= 11 is 0. The zero-order chi connectivity index (χ0) is 13.9. The van der Waals surface area contributed by atoms with Crippen molar-refractivity contribution >= 4 is 24.8 Å². The van der Waals surface area contributed by atoms with Crippen LogP contribution < -0.4 is 5.73 Å². The fraction of sp³-hybridized carbons (Fsp3) is 0.800. The van der Waals surface area contributed by atoms with E-state index in [0.717, 1.165) is 0 Å². The van der Waals surface area contributed by atoms with E-state index in [-0.39, 0.29) is 31.4 Å². The van der Waals surface area contributed by atoms with Crippen molar-refractivity contribution in [2.24, 2.45) is 5.73 Å². The highest BCUT2D eigenvalue weighted by Crippen LogP contribution is 2.17. The number of hydrogen-bond donors (Lipinski definition) is 1. The summed E-state index contributed by atoms with van der Waals surface area (Å²) in [4.78, 5) is 7.46. The van der Waals surface area contributed by atoms with Gasteiger partial charge >= 0.3 is 6.18 Å². The van der Waals surface area contributed by atoms with Crippen LogP contribution in [0.4, 0.5) is 13.2 Å². The van der Waals surface area contributed by atoms with Crippen LogP contribution in [0.5, 0.6) is 0 Å². The lowest BCUT2D eigenvalue weighted by Crippen LogP contribution is -2.48. The second-order valence-corrected chi connectivity index (χ2v) is 4.48. The van der Waals surface area contributed by atoms with E-state index in [4.69, 9.17) is 10.3 Å². The first-order valence-corrected chi connectivity index (χ1v) is 5.99. The molecular formula is C10H18Cl2F3N5O. The van der Waals surface area contributed by atoms with Gasteiger partial charge in [0, 0.05) is 26.2 Å². The minimum absolute atomic E-state index is 0. The van der Waals surface area contributed by atoms with Gasteiger partial charge in [0.1, 0.15) is 0 Å². The number of halogens is 5. The molecule has 2 rings (SSSR count). The topological polar surface area (TPSA) is 71.4 Å². The van der Waals surface area contributed by atoms with Crippen LogP contribution in [0.1, 0.15) is 11.7 Å². The molecule has 6 nitrogen and oxygen atoms in total. The van der Waals surface area contributed by atoms with Gasteiger partial charge in [-0.25, -0.2) is 0 Å². The highest BCUT2D eigenvalue weighted by molar-refractivity contribution is 5.85. The van der Waals surface area contributed by atoms with E-state index in [1.807, 2.05) is 4.90 Å². The molecule has 1 aromatic heterocycles. The first-order valence-electron chi connectivity index (χ1n) is 5.99. The lowest BCUT2D eigenvalue weighted by atomic mass is 10.3. The molecular weight excluding hydrogens is 334 g/mol. The molecule has 124 valence electrons. The summed E-state index contributed by atoms with van der Waals surface area (Å²) in [6.07, 6.45) is -4.13. The summed E-state index contributed by atoms with van der Waals surface area (Å²) in [6, 6.07) is 0. The molecule has 1 saturated heterocycles. The summed E-state index contributed by atoms with van der Waals surface area (Å²) in [5.41, 5.74) is 5.35. The van der Waals surface area contributed by atoms with E-state index >= 15 is 0 Å². The van der Waals surface area contributed by atoms with E-state index in [2.05, 4.69) is 10.1 Å². The normalized spacial score (nSPS) is 17.1. The highest BCUT2D eigenvalue weighted by Gasteiger charge is 2.32. The number of hydrogen-bond acceptors (Lipinski definition) is 6. The van der Waals surface area contributed by atoms with Gasteiger partial charge in [-0.05, 0) is 0 Å². The second-order valence-electron chi connectivity index (χ2n) is 4.48. The van der Waals surface area contributed by atoms with E-state index in [1.165, 1.54) is 4.90 Å². The van der Waals surface area contributed by atoms with E-state index in [9.17, 15) is 13.2 Å². The fourth-order valence-corrected chi connectivity index (χ4v) is 2.00. The van der Waals surface area contributed by atoms with Crippen LogP contribution in [-0.2, 0) is 13.1 Å². The number of piperazine rings is 1. The Balaban J connectivity index is 0.00000200. The van der Waals surface area contributed by atoms with E-state index in [0.29, 0.717) is 44.4 Å². The Morgan fingerprint density at radius 3 is 2.14 bits per heavy atom. The van der Waals surface area contributed by atoms with Crippen LogP contribution in [-0.4, -0.2) is 58.8 Å². The molecule has 0 radical (unpaired) electrons. The van der Waals surface area contributed by atoms with Crippen molar-refractivity contribution in [1.82, 2.24) is 19.9 Å². The van der Waals surface area contributed by atoms with E-state index in [1.54, 1.807) is 0 Å². The smallest absolute Gasteiger partial charge is 0.338 e. The molecule has 2 heterocycles. The maximum Gasteiger partial charge on any atom is 0.401 e. The summed E-state index contributed by atoms with van der Waals surface area (Å²) in [6.45, 7) is 1.71. The number of nitrogens with zero attached hydrogens (tertiary/aromatic N) is 4. The van der Waals surface area contributed by atoms with Crippen LogP contribution in [0.2, 0.25) is 0 Å². The van der Waals surface area contributed by atoms with Gasteiger partial charge in [0.05, 0.1) is 19.6 Å². The predicted octanol–water partition coefficient (Wildman–Crippen LogP) is 1.05. The van der Waals surface area contributed by atoms with Gasteiger partial charge in [-0.1, -0.05) is 5.16 Å². The van der Waals surface area contributed by atoms with Crippen molar-refractivity contribution in [3.05, 3.63) is 11.7 Å². The summed E-state index contributed by atoms with van der Waals surface area (Å²) < 4.78 is 41.5. The maximum atomic E-state index is 12.2. The average molecular weight is 352 g/mol. The van der Waals surface area contributed by atoms with Crippen LogP contribution in [0.25, 0.3) is 0 Å². The minimum Gasteiger partial charge on any atom is -0.338 e. The molecule has 1 fully saturated rings. The Bertz CT molecular complexity index is 410. The average Bonchev–Trinajstić information content (AvgIpc) is 2.77. The van der Waals surface area contributed by atoms with E-state index < -0.39 is 12.7 Å². The Morgan fingerprint density at radius 2 is 1.67 bits per heavy atom. The molecule has 21 heavy (non-hydrogen) atoms. The van der Waals surface area contributed by atoms with Crippen LogP contribution in [0, 0.1) is 0 Å². The van der Waals surface area contributed by atoms with Gasteiger partial charge in [-0.15, -0.1) is 24.8 Å². The van der Waals surface area contributed by atoms with Gasteiger partial charge in [-0.2, -0.15) is 18.2 Å². The first kappa shape index (κ1) is 20.4. The number of rotatable bonds is 4. The number of aromatic nitrogens is 2. The standard InChI is InChI=1S/C10H16F3N5O.2ClH/c11-10(12,13)7-18-3-1-17(2-4-18)6-8-15-9(5-14)19-16-8;;/h1-7,14H2;2*1H. The molecule has 0 saturated carbocycles. The van der Waals surface area contributed by atoms with Crippen LogP contribution in [0.3, 0.4) is 0 Å². The third-order valence-corrected chi connectivity index (χ3v) is 2.92. The lowest BCUT2D eigenvalue weighted by molar-refractivity contribution is -0.149. The van der Waals surface area contributed by atoms with Gasteiger partial charge in [0.15, 0.2) is 5.82 Å². The Morgan fingerprint density at radius 1 is 1.10 bits per heavy atom. The largest absolute Gasteiger partial charge is 0.401 e. The number of alkyl halides is 3. The molecule has 1 aliphatic rings. The summed E-state index contributed by atoms with van der Waals surface area (Å²) in [5, 5.41) is 3.76. The Kier molecular flexibility index (Phi) is 8.49. The molecule has 0 bridgehead atoms. The van der Waals surface area contributed by atoms with Crippen molar-refractivity contribution in [2.45, 2.75) is 19.3 Å². The molecule has 11 heteroatoms. The lowest BCUT2D eigenvalue weighted by Gasteiger charge is -2.34. The monoisotopic (exact) mass is 351 g/mol. The van der Waals surface area contributed by atoms with Gasteiger partial charge in [-0.3, -0.25) is 9.80 Å². The van der Waals surface area contributed by atoms with Crippen molar-refractivity contribution in [3.63, 3.8) is 0 Å². The van der Waals surface area contributed by atoms with Crippen LogP contribution >= 0.6 is 24.8 Å². The molecule has 1 aliphatic heterocycles. The predicted molar refractivity (Wildman–Crippen MR) is 74.5 cm³/mol. The zero-order valence-electron chi connectivity index (χ0n) is 11.2. The SMILES string of the molecule is Cl.Cl.NCc1nc(CN2CCN(CC(F)(F)F)CC2)no1. The highest BCUT2D eigenvalue weighted by atomic mass is 35.5. The van der Waals surface area contributed by atoms with Crippen molar-refractivity contribution < 1.29 is 17.7 Å². The molecule has 0 spiro atoms.